The summed E-state index contributed by atoms with van der Waals surface area (Å²) >= 11 is 0. The number of nitrogens with one attached hydrogen (secondary N) is 2. The van der Waals surface area contributed by atoms with Crippen LogP contribution >= 0.6 is 0 Å². The third kappa shape index (κ3) is 5.40. The summed E-state index contributed by atoms with van der Waals surface area (Å²) in [5, 5.41) is 11.1. The molecule has 0 aliphatic rings. The molecule has 0 fully saturated rings. The normalized spacial score (nSPS) is 12.4. The van der Waals surface area contributed by atoms with Crippen LogP contribution in [0, 0.1) is 0 Å². The maximum Gasteiger partial charge on any atom is 0.191 e. The summed E-state index contributed by atoms with van der Waals surface area (Å²) in [5.41, 5.74) is 6.02. The van der Waals surface area contributed by atoms with Crippen molar-refractivity contribution in [2.24, 2.45) is 4.99 Å². The highest BCUT2D eigenvalue weighted by atomic mass is 15.3. The van der Waals surface area contributed by atoms with Crippen molar-refractivity contribution in [3.63, 3.8) is 0 Å². The molecule has 1 atom stereocenters. The molecule has 1 heterocycles. The summed E-state index contributed by atoms with van der Waals surface area (Å²) in [5.74, 6) is 0.777. The lowest BCUT2D eigenvalue weighted by Crippen LogP contribution is -2.38. The Morgan fingerprint density at radius 3 is 2.44 bits per heavy atom. The molecule has 4 rings (SSSR count). The Kier molecular flexibility index (Phi) is 6.92. The van der Waals surface area contributed by atoms with Crippen LogP contribution in [0.4, 0.5) is 0 Å². The molecule has 162 valence electrons. The first-order valence-corrected chi connectivity index (χ1v) is 10.7. The Morgan fingerprint density at radius 2 is 1.72 bits per heavy atom. The molecule has 0 spiro atoms. The largest absolute Gasteiger partial charge is 0.352 e. The van der Waals surface area contributed by atoms with Gasteiger partial charge in [-0.3, -0.25) is 4.99 Å². The van der Waals surface area contributed by atoms with E-state index in [1.807, 2.05) is 10.7 Å². The van der Waals surface area contributed by atoms with E-state index in [-0.39, 0.29) is 6.04 Å². The van der Waals surface area contributed by atoms with E-state index in [9.17, 15) is 0 Å². The number of benzene rings is 3. The molecular formula is C26H28N6. The molecule has 0 aliphatic carbocycles. The molecule has 1 aromatic heterocycles. The van der Waals surface area contributed by atoms with Gasteiger partial charge in [-0.05, 0) is 34.7 Å². The highest BCUT2D eigenvalue weighted by Gasteiger charge is 2.09. The molecule has 0 aliphatic heterocycles. The van der Waals surface area contributed by atoms with Gasteiger partial charge >= 0.3 is 0 Å². The summed E-state index contributed by atoms with van der Waals surface area (Å²) in [6.07, 6.45) is 3.29. The van der Waals surface area contributed by atoms with Crippen LogP contribution in [-0.4, -0.2) is 27.8 Å². The van der Waals surface area contributed by atoms with E-state index < -0.39 is 0 Å². The fraction of sp³-hybridized carbons (Fsp3) is 0.192. The van der Waals surface area contributed by atoms with Gasteiger partial charge in [0.05, 0.1) is 12.6 Å². The molecule has 6 heteroatoms. The van der Waals surface area contributed by atoms with Gasteiger partial charge in [0.25, 0.3) is 0 Å². The van der Waals surface area contributed by atoms with E-state index in [4.69, 9.17) is 0 Å². The predicted molar refractivity (Wildman–Crippen MR) is 129 cm³/mol. The average molecular weight is 425 g/mol. The number of hydrogen-bond donors (Lipinski definition) is 2. The van der Waals surface area contributed by atoms with Crippen molar-refractivity contribution in [3.8, 4) is 11.1 Å². The van der Waals surface area contributed by atoms with Crippen molar-refractivity contribution in [3.05, 3.63) is 108 Å². The molecule has 3 aromatic carbocycles. The zero-order chi connectivity index (χ0) is 22.2. The van der Waals surface area contributed by atoms with Crippen molar-refractivity contribution < 1.29 is 0 Å². The van der Waals surface area contributed by atoms with E-state index in [0.29, 0.717) is 13.1 Å². The first-order chi connectivity index (χ1) is 15.7. The van der Waals surface area contributed by atoms with Crippen LogP contribution in [-0.2, 0) is 13.1 Å². The lowest BCUT2D eigenvalue weighted by molar-refractivity contribution is 0.685. The van der Waals surface area contributed by atoms with E-state index in [1.54, 1.807) is 19.7 Å². The van der Waals surface area contributed by atoms with Crippen LogP contribution in [0.1, 0.15) is 29.7 Å². The molecule has 0 bridgehead atoms. The van der Waals surface area contributed by atoms with Crippen molar-refractivity contribution in [1.82, 2.24) is 25.4 Å². The first kappa shape index (κ1) is 21.3. The fourth-order valence-electron chi connectivity index (χ4n) is 3.65. The number of aliphatic imine (C=N–C) groups is 1. The van der Waals surface area contributed by atoms with Gasteiger partial charge in [0, 0.05) is 13.6 Å². The van der Waals surface area contributed by atoms with Crippen LogP contribution in [0.3, 0.4) is 0 Å². The van der Waals surface area contributed by atoms with E-state index in [2.05, 4.69) is 105 Å². The Bertz CT molecular complexity index is 1130. The topological polar surface area (TPSA) is 67.1 Å². The Balaban J connectivity index is 1.43. The Labute approximate surface area is 189 Å². The van der Waals surface area contributed by atoms with Gasteiger partial charge in [-0.15, -0.1) is 0 Å². The highest BCUT2D eigenvalue weighted by molar-refractivity contribution is 5.80. The molecule has 0 amide bonds. The van der Waals surface area contributed by atoms with Crippen LogP contribution < -0.4 is 10.6 Å². The maximum absolute atomic E-state index is 4.40. The summed E-state index contributed by atoms with van der Waals surface area (Å²) < 4.78 is 1.82. The molecule has 32 heavy (non-hydrogen) atoms. The predicted octanol–water partition coefficient (Wildman–Crippen LogP) is 4.42. The third-order valence-electron chi connectivity index (χ3n) is 5.42. The minimum Gasteiger partial charge on any atom is -0.352 e. The maximum atomic E-state index is 4.40. The van der Waals surface area contributed by atoms with Crippen LogP contribution in [0.25, 0.3) is 11.1 Å². The fourth-order valence-corrected chi connectivity index (χ4v) is 3.65. The SMILES string of the molecule is CN=C(NCc1ccccc1-c1ccc(Cn2cncn2)cc1)NC(C)c1ccccc1. The van der Waals surface area contributed by atoms with Gasteiger partial charge in [0.15, 0.2) is 5.96 Å². The standard InChI is InChI=1S/C26H28N6/c1-20(22-8-4-3-5-9-22)31-26(27-2)29-16-24-10-6-7-11-25(24)23-14-12-21(13-15-23)17-32-19-28-18-30-32/h3-15,18-20H,16-17H2,1-2H3,(H2,27,29,31). The van der Waals surface area contributed by atoms with Crippen molar-refractivity contribution in [1.29, 1.82) is 0 Å². The van der Waals surface area contributed by atoms with Gasteiger partial charge in [-0.2, -0.15) is 5.10 Å². The number of rotatable bonds is 7. The zero-order valence-corrected chi connectivity index (χ0v) is 18.4. The van der Waals surface area contributed by atoms with Crippen LogP contribution in [0.2, 0.25) is 0 Å². The van der Waals surface area contributed by atoms with Crippen molar-refractivity contribution in [2.45, 2.75) is 26.1 Å². The minimum absolute atomic E-state index is 0.162. The second-order valence-corrected chi connectivity index (χ2v) is 7.65. The lowest BCUT2D eigenvalue weighted by Gasteiger charge is -2.19. The molecule has 4 aromatic rings. The highest BCUT2D eigenvalue weighted by Crippen LogP contribution is 2.24. The van der Waals surface area contributed by atoms with Gasteiger partial charge in [-0.1, -0.05) is 78.9 Å². The number of aromatic nitrogens is 3. The van der Waals surface area contributed by atoms with Crippen LogP contribution in [0.15, 0.2) is 96.5 Å². The first-order valence-electron chi connectivity index (χ1n) is 10.7. The monoisotopic (exact) mass is 424 g/mol. The van der Waals surface area contributed by atoms with Crippen molar-refractivity contribution in [2.75, 3.05) is 7.05 Å². The summed E-state index contributed by atoms with van der Waals surface area (Å²) in [7, 11) is 1.80. The number of nitrogens with zero attached hydrogens (tertiary/aromatic N) is 4. The molecule has 6 nitrogen and oxygen atoms in total. The molecule has 2 N–H and O–H groups in total. The summed E-state index contributed by atoms with van der Waals surface area (Å²) in [6, 6.07) is 27.6. The smallest absolute Gasteiger partial charge is 0.191 e. The molecule has 0 radical (unpaired) electrons. The van der Waals surface area contributed by atoms with E-state index in [1.165, 1.54) is 27.8 Å². The van der Waals surface area contributed by atoms with Crippen molar-refractivity contribution >= 4 is 5.96 Å². The Morgan fingerprint density at radius 1 is 0.969 bits per heavy atom. The number of hydrogen-bond acceptors (Lipinski definition) is 3. The van der Waals surface area contributed by atoms with E-state index in [0.717, 1.165) is 5.96 Å². The second-order valence-electron chi connectivity index (χ2n) is 7.65. The lowest BCUT2D eigenvalue weighted by atomic mass is 9.98. The summed E-state index contributed by atoms with van der Waals surface area (Å²) in [6.45, 7) is 3.53. The van der Waals surface area contributed by atoms with Crippen LogP contribution in [0.5, 0.6) is 0 Å². The van der Waals surface area contributed by atoms with Gasteiger partial charge in [0.1, 0.15) is 12.7 Å². The average Bonchev–Trinajstić information content (AvgIpc) is 3.36. The zero-order valence-electron chi connectivity index (χ0n) is 18.4. The molecule has 1 unspecified atom stereocenters. The Hall–Kier alpha value is -3.93. The molecule has 0 saturated carbocycles. The molecular weight excluding hydrogens is 396 g/mol. The molecule has 0 saturated heterocycles. The third-order valence-corrected chi connectivity index (χ3v) is 5.42. The second kappa shape index (κ2) is 10.4. The van der Waals surface area contributed by atoms with Gasteiger partial charge in [-0.25, -0.2) is 9.67 Å². The van der Waals surface area contributed by atoms with Gasteiger partial charge in [0.2, 0.25) is 0 Å². The summed E-state index contributed by atoms with van der Waals surface area (Å²) in [4.78, 5) is 8.40. The number of guanidine groups is 1. The minimum atomic E-state index is 0.162. The quantitative estimate of drug-likeness (QED) is 0.340. The van der Waals surface area contributed by atoms with Gasteiger partial charge < -0.3 is 10.6 Å². The van der Waals surface area contributed by atoms with E-state index >= 15 is 0 Å².